The fraction of sp³-hybridized carbons (Fsp3) is 0.316. The predicted molar refractivity (Wildman–Crippen MR) is 108 cm³/mol. The molecule has 5 nitrogen and oxygen atoms in total. The Morgan fingerprint density at radius 1 is 1.08 bits per heavy atom. The Morgan fingerprint density at radius 3 is 2.46 bits per heavy atom. The Hall–Kier alpha value is -1.89. The first-order valence-electron chi connectivity index (χ1n) is 8.27. The maximum absolute atomic E-state index is 5.92. The Morgan fingerprint density at radius 2 is 1.81 bits per heavy atom. The number of halogens is 1. The summed E-state index contributed by atoms with van der Waals surface area (Å²) in [6.45, 7) is 2.23. The van der Waals surface area contributed by atoms with Crippen LogP contribution in [0.25, 0.3) is 0 Å². The highest BCUT2D eigenvalue weighted by Gasteiger charge is 2.14. The van der Waals surface area contributed by atoms with Crippen LogP contribution in [0.15, 0.2) is 47.5 Å². The molecule has 0 radical (unpaired) electrons. The highest BCUT2D eigenvalue weighted by molar-refractivity contribution is 8.13. The first-order valence-corrected chi connectivity index (χ1v) is 9.63. The van der Waals surface area contributed by atoms with Gasteiger partial charge in [-0.05, 0) is 35.4 Å². The van der Waals surface area contributed by atoms with Gasteiger partial charge in [0.2, 0.25) is 0 Å². The lowest BCUT2D eigenvalue weighted by Gasteiger charge is -2.26. The number of nitrogens with one attached hydrogen (secondary N) is 1. The maximum atomic E-state index is 5.92. The van der Waals surface area contributed by atoms with Crippen LogP contribution in [0.1, 0.15) is 11.1 Å². The number of benzene rings is 2. The summed E-state index contributed by atoms with van der Waals surface area (Å²) in [4.78, 5) is 6.86. The molecule has 0 saturated heterocycles. The number of aliphatic imine (C=N–C) groups is 1. The molecule has 3 rings (SSSR count). The van der Waals surface area contributed by atoms with E-state index in [0.717, 1.165) is 46.2 Å². The van der Waals surface area contributed by atoms with Crippen molar-refractivity contribution in [1.82, 2.24) is 10.2 Å². The van der Waals surface area contributed by atoms with Crippen LogP contribution in [0.3, 0.4) is 0 Å². The molecule has 0 spiro atoms. The number of rotatable bonds is 6. The van der Waals surface area contributed by atoms with Crippen molar-refractivity contribution in [2.24, 2.45) is 4.99 Å². The second kappa shape index (κ2) is 9.16. The maximum Gasteiger partial charge on any atom is 0.161 e. The number of hydrogen-bond donors (Lipinski definition) is 1. The number of amidine groups is 1. The molecule has 2 aromatic rings. The van der Waals surface area contributed by atoms with E-state index in [1.165, 1.54) is 5.56 Å². The van der Waals surface area contributed by atoms with Crippen molar-refractivity contribution in [3.05, 3.63) is 58.6 Å². The van der Waals surface area contributed by atoms with E-state index in [0.29, 0.717) is 6.67 Å². The van der Waals surface area contributed by atoms with Crippen molar-refractivity contribution in [3.8, 4) is 11.5 Å². The predicted octanol–water partition coefficient (Wildman–Crippen LogP) is 3.97. The smallest absolute Gasteiger partial charge is 0.161 e. The number of hydrogen-bond acceptors (Lipinski definition) is 6. The molecule has 0 saturated carbocycles. The van der Waals surface area contributed by atoms with Crippen molar-refractivity contribution in [2.75, 3.05) is 27.6 Å². The highest BCUT2D eigenvalue weighted by Crippen LogP contribution is 2.28. The molecule has 0 fully saturated rings. The fourth-order valence-electron chi connectivity index (χ4n) is 2.62. The zero-order chi connectivity index (χ0) is 18.4. The molecule has 2 aromatic carbocycles. The van der Waals surface area contributed by atoms with Gasteiger partial charge in [0.25, 0.3) is 0 Å². The van der Waals surface area contributed by atoms with Gasteiger partial charge < -0.3 is 14.8 Å². The molecule has 0 amide bonds. The van der Waals surface area contributed by atoms with Gasteiger partial charge >= 0.3 is 0 Å². The van der Waals surface area contributed by atoms with Crippen molar-refractivity contribution in [1.29, 1.82) is 0 Å². The second-order valence-corrected chi connectivity index (χ2v) is 7.27. The van der Waals surface area contributed by atoms with Crippen molar-refractivity contribution in [2.45, 2.75) is 12.3 Å². The average molecular weight is 392 g/mol. The summed E-state index contributed by atoms with van der Waals surface area (Å²) in [6.07, 6.45) is 0. The van der Waals surface area contributed by atoms with E-state index in [4.69, 9.17) is 21.1 Å². The number of methoxy groups -OCH3 is 2. The topological polar surface area (TPSA) is 46.1 Å². The van der Waals surface area contributed by atoms with Crippen LogP contribution in [0.4, 0.5) is 0 Å². The number of ether oxygens (including phenoxy) is 2. The monoisotopic (exact) mass is 391 g/mol. The standard InChI is InChI=1S/C19H22ClN3O2S/c1-24-17-8-5-15(9-18(17)25-2)10-23-12-21-19(22-13-23)26-11-14-3-6-16(20)7-4-14/h3-9H,10-13H2,1-2H3,(H,21,22). The highest BCUT2D eigenvalue weighted by atomic mass is 35.5. The summed E-state index contributed by atoms with van der Waals surface area (Å²) in [6, 6.07) is 13.9. The minimum Gasteiger partial charge on any atom is -0.493 e. The number of thioether (sulfide) groups is 1. The summed E-state index contributed by atoms with van der Waals surface area (Å²) in [7, 11) is 3.29. The van der Waals surface area contributed by atoms with Gasteiger partial charge in [0.15, 0.2) is 16.7 Å². The molecule has 1 aliphatic heterocycles. The molecule has 0 unspecified atom stereocenters. The summed E-state index contributed by atoms with van der Waals surface area (Å²) >= 11 is 7.62. The summed E-state index contributed by atoms with van der Waals surface area (Å²) in [5.41, 5.74) is 2.40. The third kappa shape index (κ3) is 5.06. The summed E-state index contributed by atoms with van der Waals surface area (Å²) < 4.78 is 10.6. The van der Waals surface area contributed by atoms with Gasteiger partial charge in [-0.1, -0.05) is 41.6 Å². The first-order chi connectivity index (χ1) is 12.7. The Balaban J connectivity index is 1.51. The molecule has 1 aliphatic rings. The molecule has 0 aromatic heterocycles. The molecule has 138 valence electrons. The van der Waals surface area contributed by atoms with Crippen molar-refractivity contribution < 1.29 is 9.47 Å². The van der Waals surface area contributed by atoms with E-state index in [-0.39, 0.29) is 0 Å². The third-order valence-electron chi connectivity index (χ3n) is 4.01. The van der Waals surface area contributed by atoms with Crippen LogP contribution in [-0.2, 0) is 12.3 Å². The van der Waals surface area contributed by atoms with Crippen molar-refractivity contribution in [3.63, 3.8) is 0 Å². The van der Waals surface area contributed by atoms with Gasteiger partial charge in [-0.3, -0.25) is 4.90 Å². The van der Waals surface area contributed by atoms with E-state index >= 15 is 0 Å². The largest absolute Gasteiger partial charge is 0.493 e. The van der Waals surface area contributed by atoms with E-state index in [1.54, 1.807) is 26.0 Å². The lowest BCUT2D eigenvalue weighted by molar-refractivity contribution is 0.258. The molecular weight excluding hydrogens is 370 g/mol. The van der Waals surface area contributed by atoms with E-state index in [1.807, 2.05) is 36.4 Å². The van der Waals surface area contributed by atoms with E-state index < -0.39 is 0 Å². The minimum absolute atomic E-state index is 0.671. The van der Waals surface area contributed by atoms with E-state index in [9.17, 15) is 0 Å². The Bertz CT molecular complexity index is 768. The Kier molecular flexibility index (Phi) is 6.66. The first kappa shape index (κ1) is 18.9. The molecule has 1 N–H and O–H groups in total. The van der Waals surface area contributed by atoms with Crippen LogP contribution in [0.2, 0.25) is 5.02 Å². The normalized spacial score (nSPS) is 14.5. The van der Waals surface area contributed by atoms with Gasteiger partial charge in [0.1, 0.15) is 0 Å². The van der Waals surface area contributed by atoms with Crippen LogP contribution in [0.5, 0.6) is 11.5 Å². The molecule has 1 heterocycles. The number of nitrogens with zero attached hydrogens (tertiary/aromatic N) is 2. The third-order valence-corrected chi connectivity index (χ3v) is 5.29. The lowest BCUT2D eigenvalue weighted by atomic mass is 10.2. The van der Waals surface area contributed by atoms with Gasteiger partial charge in [-0.2, -0.15) is 0 Å². The molecule has 0 bridgehead atoms. The average Bonchev–Trinajstić information content (AvgIpc) is 2.68. The van der Waals surface area contributed by atoms with E-state index in [2.05, 4.69) is 21.3 Å². The summed E-state index contributed by atoms with van der Waals surface area (Å²) in [5.74, 6) is 2.36. The quantitative estimate of drug-likeness (QED) is 0.807. The van der Waals surface area contributed by atoms with Gasteiger partial charge in [-0.25, -0.2) is 4.99 Å². The molecule has 0 atom stereocenters. The van der Waals surface area contributed by atoms with Crippen molar-refractivity contribution >= 4 is 28.5 Å². The zero-order valence-electron chi connectivity index (χ0n) is 14.9. The molecule has 7 heteroatoms. The van der Waals surface area contributed by atoms with Crippen LogP contribution in [0, 0.1) is 0 Å². The molecule has 26 heavy (non-hydrogen) atoms. The van der Waals surface area contributed by atoms with Crippen LogP contribution in [-0.4, -0.2) is 37.6 Å². The zero-order valence-corrected chi connectivity index (χ0v) is 16.4. The van der Waals surface area contributed by atoms with Crippen LogP contribution < -0.4 is 14.8 Å². The van der Waals surface area contributed by atoms with Gasteiger partial charge in [0.05, 0.1) is 27.6 Å². The SMILES string of the molecule is COc1ccc(CN2CN=C(SCc3ccc(Cl)cc3)NC2)cc1OC. The molecule has 0 aliphatic carbocycles. The minimum atomic E-state index is 0.671. The fourth-order valence-corrected chi connectivity index (χ4v) is 3.56. The Labute approximate surface area is 163 Å². The van der Waals surface area contributed by atoms with Crippen LogP contribution >= 0.6 is 23.4 Å². The lowest BCUT2D eigenvalue weighted by Crippen LogP contribution is -2.41. The summed E-state index contributed by atoms with van der Waals surface area (Å²) in [5, 5.41) is 5.12. The molecular formula is C19H22ClN3O2S. The second-order valence-electron chi connectivity index (χ2n) is 5.87. The van der Waals surface area contributed by atoms with Gasteiger partial charge in [0, 0.05) is 17.3 Å². The van der Waals surface area contributed by atoms with Gasteiger partial charge in [-0.15, -0.1) is 0 Å².